The minimum absolute atomic E-state index is 0.127. The lowest BCUT2D eigenvalue weighted by atomic mass is 10.1. The van der Waals surface area contributed by atoms with Crippen molar-refractivity contribution < 1.29 is 14.7 Å². The van der Waals surface area contributed by atoms with E-state index in [1.165, 1.54) is 17.4 Å². The lowest BCUT2D eigenvalue weighted by Gasteiger charge is -2.05. The van der Waals surface area contributed by atoms with Crippen molar-refractivity contribution >= 4 is 28.2 Å². The van der Waals surface area contributed by atoms with Crippen LogP contribution in [0.3, 0.4) is 0 Å². The summed E-state index contributed by atoms with van der Waals surface area (Å²) < 4.78 is 1.80. The monoisotopic (exact) mass is 307 g/mol. The summed E-state index contributed by atoms with van der Waals surface area (Å²) in [5, 5.41) is 18.0. The molecule has 2 aromatic heterocycles. The molecule has 7 heteroatoms. The van der Waals surface area contributed by atoms with Crippen molar-refractivity contribution in [1.82, 2.24) is 9.78 Å². The molecular weight excluding hydrogens is 290 g/mol. The highest BCUT2D eigenvalue weighted by Crippen LogP contribution is 2.23. The molecule has 0 saturated heterocycles. The molecule has 2 heterocycles. The first kappa shape index (κ1) is 15.2. The van der Waals surface area contributed by atoms with E-state index in [9.17, 15) is 9.59 Å². The molecule has 0 aliphatic carbocycles. The molecule has 6 nitrogen and oxygen atoms in total. The Kier molecular flexibility index (Phi) is 4.42. The highest BCUT2D eigenvalue weighted by atomic mass is 32.1. The second-order valence-corrected chi connectivity index (χ2v) is 5.71. The van der Waals surface area contributed by atoms with Crippen LogP contribution in [0.2, 0.25) is 0 Å². The van der Waals surface area contributed by atoms with Gasteiger partial charge >= 0.3 is 5.97 Å². The molecule has 0 saturated carbocycles. The minimum Gasteiger partial charge on any atom is -0.478 e. The lowest BCUT2D eigenvalue weighted by molar-refractivity contribution is -0.116. The van der Waals surface area contributed by atoms with Gasteiger partial charge in [-0.3, -0.25) is 9.48 Å². The van der Waals surface area contributed by atoms with E-state index < -0.39 is 5.97 Å². The van der Waals surface area contributed by atoms with Gasteiger partial charge in [-0.15, -0.1) is 11.3 Å². The Bertz CT molecular complexity index is 688. The Morgan fingerprint density at radius 3 is 2.71 bits per heavy atom. The summed E-state index contributed by atoms with van der Waals surface area (Å²) in [5.41, 5.74) is 3.16. The largest absolute Gasteiger partial charge is 0.478 e. The number of anilines is 1. The fourth-order valence-corrected chi connectivity index (χ4v) is 2.98. The van der Waals surface area contributed by atoms with Crippen molar-refractivity contribution in [3.8, 4) is 0 Å². The van der Waals surface area contributed by atoms with Crippen LogP contribution in [0, 0.1) is 13.8 Å². The van der Waals surface area contributed by atoms with Gasteiger partial charge in [-0.25, -0.2) is 4.79 Å². The molecule has 1 amide bonds. The van der Waals surface area contributed by atoms with Crippen molar-refractivity contribution in [1.29, 1.82) is 0 Å². The normalized spacial score (nSPS) is 10.6. The molecule has 0 unspecified atom stereocenters. The van der Waals surface area contributed by atoms with Gasteiger partial charge in [0, 0.05) is 19.2 Å². The number of aromatic nitrogens is 2. The van der Waals surface area contributed by atoms with Crippen molar-refractivity contribution in [2.24, 2.45) is 7.05 Å². The summed E-state index contributed by atoms with van der Waals surface area (Å²) in [6.45, 7) is 3.89. The van der Waals surface area contributed by atoms with Crippen LogP contribution in [0.5, 0.6) is 0 Å². The van der Waals surface area contributed by atoms with Gasteiger partial charge in [0.15, 0.2) is 0 Å². The van der Waals surface area contributed by atoms with Crippen LogP contribution in [-0.2, 0) is 18.3 Å². The number of carboxylic acids is 1. The Hall–Kier alpha value is -2.15. The number of hydrogen-bond acceptors (Lipinski definition) is 4. The van der Waals surface area contributed by atoms with E-state index in [0.717, 1.165) is 17.0 Å². The standard InChI is InChI=1S/C14H17N3O3S/c1-8-10(9(2)17(3)16-8)4-5-12(18)15-13-11(14(19)20)6-7-21-13/h6-7H,4-5H2,1-3H3,(H,15,18)(H,19,20). The number of carbonyl (C=O) groups excluding carboxylic acids is 1. The zero-order valence-corrected chi connectivity index (χ0v) is 13.0. The van der Waals surface area contributed by atoms with Crippen LogP contribution < -0.4 is 5.32 Å². The molecule has 0 aliphatic heterocycles. The van der Waals surface area contributed by atoms with Crippen molar-refractivity contribution in [2.75, 3.05) is 5.32 Å². The van der Waals surface area contributed by atoms with E-state index in [1.807, 2.05) is 20.9 Å². The van der Waals surface area contributed by atoms with Gasteiger partial charge in [-0.05, 0) is 37.3 Å². The molecule has 2 rings (SSSR count). The van der Waals surface area contributed by atoms with Crippen LogP contribution >= 0.6 is 11.3 Å². The first-order chi connectivity index (χ1) is 9.90. The van der Waals surface area contributed by atoms with Crippen LogP contribution in [0.15, 0.2) is 11.4 Å². The number of carboxylic acid groups (broad SMARTS) is 1. The van der Waals surface area contributed by atoms with E-state index >= 15 is 0 Å². The van der Waals surface area contributed by atoms with Gasteiger partial charge in [-0.1, -0.05) is 0 Å². The zero-order valence-electron chi connectivity index (χ0n) is 12.1. The van der Waals surface area contributed by atoms with E-state index in [4.69, 9.17) is 5.11 Å². The van der Waals surface area contributed by atoms with Gasteiger partial charge < -0.3 is 10.4 Å². The first-order valence-corrected chi connectivity index (χ1v) is 7.37. The molecule has 0 atom stereocenters. The number of aryl methyl sites for hydroxylation is 2. The minimum atomic E-state index is -1.04. The summed E-state index contributed by atoms with van der Waals surface area (Å²) >= 11 is 1.21. The summed E-state index contributed by atoms with van der Waals surface area (Å²) in [5.74, 6) is -1.23. The fourth-order valence-electron chi connectivity index (χ4n) is 2.18. The zero-order chi connectivity index (χ0) is 15.6. The van der Waals surface area contributed by atoms with Crippen molar-refractivity contribution in [3.05, 3.63) is 34.0 Å². The molecule has 0 fully saturated rings. The highest BCUT2D eigenvalue weighted by molar-refractivity contribution is 7.14. The number of nitrogens with zero attached hydrogens (tertiary/aromatic N) is 2. The Labute approximate surface area is 126 Å². The van der Waals surface area contributed by atoms with Crippen molar-refractivity contribution in [2.45, 2.75) is 26.7 Å². The van der Waals surface area contributed by atoms with E-state index in [-0.39, 0.29) is 11.5 Å². The Morgan fingerprint density at radius 1 is 1.43 bits per heavy atom. The van der Waals surface area contributed by atoms with Gasteiger partial charge in [0.1, 0.15) is 5.00 Å². The number of nitrogens with one attached hydrogen (secondary N) is 1. The molecule has 0 bridgehead atoms. The second kappa shape index (κ2) is 6.09. The quantitative estimate of drug-likeness (QED) is 0.888. The van der Waals surface area contributed by atoms with E-state index in [0.29, 0.717) is 17.8 Å². The molecule has 2 aromatic rings. The first-order valence-electron chi connectivity index (χ1n) is 6.50. The SMILES string of the molecule is Cc1nn(C)c(C)c1CCC(=O)Nc1sccc1C(=O)O. The number of aromatic carboxylic acids is 1. The molecule has 0 spiro atoms. The third-order valence-electron chi connectivity index (χ3n) is 3.41. The Morgan fingerprint density at radius 2 is 2.14 bits per heavy atom. The van der Waals surface area contributed by atoms with Gasteiger partial charge in [0.2, 0.25) is 5.91 Å². The molecule has 112 valence electrons. The van der Waals surface area contributed by atoms with Gasteiger partial charge in [-0.2, -0.15) is 5.10 Å². The van der Waals surface area contributed by atoms with Crippen molar-refractivity contribution in [3.63, 3.8) is 0 Å². The third-order valence-corrected chi connectivity index (χ3v) is 4.24. The Balaban J connectivity index is 1.99. The smallest absolute Gasteiger partial charge is 0.338 e. The van der Waals surface area contributed by atoms with E-state index in [2.05, 4.69) is 10.4 Å². The summed E-state index contributed by atoms with van der Waals surface area (Å²) in [6.07, 6.45) is 0.884. The average Bonchev–Trinajstić information content (AvgIpc) is 2.94. The van der Waals surface area contributed by atoms with Crippen LogP contribution in [-0.4, -0.2) is 26.8 Å². The molecular formula is C14H17N3O3S. The second-order valence-electron chi connectivity index (χ2n) is 4.79. The molecule has 2 N–H and O–H groups in total. The van der Waals surface area contributed by atoms with Crippen LogP contribution in [0.25, 0.3) is 0 Å². The van der Waals surface area contributed by atoms with Crippen LogP contribution in [0.4, 0.5) is 5.00 Å². The molecule has 0 aromatic carbocycles. The number of rotatable bonds is 5. The van der Waals surface area contributed by atoms with Gasteiger partial charge in [0.25, 0.3) is 0 Å². The maximum atomic E-state index is 12.0. The van der Waals surface area contributed by atoms with E-state index in [1.54, 1.807) is 10.1 Å². The number of hydrogen-bond donors (Lipinski definition) is 2. The topological polar surface area (TPSA) is 84.2 Å². The summed E-state index contributed by atoms with van der Waals surface area (Å²) in [4.78, 5) is 22.9. The lowest BCUT2D eigenvalue weighted by Crippen LogP contribution is -2.14. The third kappa shape index (κ3) is 3.30. The number of carbonyl (C=O) groups is 2. The fraction of sp³-hybridized carbons (Fsp3) is 0.357. The highest BCUT2D eigenvalue weighted by Gasteiger charge is 2.15. The average molecular weight is 307 g/mol. The predicted molar refractivity (Wildman–Crippen MR) is 80.9 cm³/mol. The molecule has 0 aliphatic rings. The molecule has 21 heavy (non-hydrogen) atoms. The molecule has 0 radical (unpaired) electrons. The predicted octanol–water partition coefficient (Wildman–Crippen LogP) is 2.37. The summed E-state index contributed by atoms with van der Waals surface area (Å²) in [7, 11) is 1.87. The summed E-state index contributed by atoms with van der Waals surface area (Å²) in [6, 6.07) is 1.48. The number of thiophene rings is 1. The van der Waals surface area contributed by atoms with Gasteiger partial charge in [0.05, 0.1) is 11.3 Å². The maximum Gasteiger partial charge on any atom is 0.338 e. The number of amides is 1. The van der Waals surface area contributed by atoms with Crippen LogP contribution in [0.1, 0.15) is 33.7 Å². The maximum absolute atomic E-state index is 12.0.